The smallest absolute Gasteiger partial charge is 0.330 e. The Morgan fingerprint density at radius 3 is 2.63 bits per heavy atom. The number of pyridine rings is 1. The van der Waals surface area contributed by atoms with Crippen LogP contribution in [0.5, 0.6) is 0 Å². The summed E-state index contributed by atoms with van der Waals surface area (Å²) in [7, 11) is 1.76. The summed E-state index contributed by atoms with van der Waals surface area (Å²) < 4.78 is 30.0. The molecule has 0 radical (unpaired) electrons. The number of imidazole rings is 1. The van der Waals surface area contributed by atoms with Crippen LogP contribution in [0.25, 0.3) is 11.2 Å². The second-order valence-electron chi connectivity index (χ2n) is 8.31. The van der Waals surface area contributed by atoms with Crippen molar-refractivity contribution < 1.29 is 8.78 Å². The predicted octanol–water partition coefficient (Wildman–Crippen LogP) is 3.26. The van der Waals surface area contributed by atoms with Crippen molar-refractivity contribution in [3.05, 3.63) is 46.4 Å². The van der Waals surface area contributed by atoms with Crippen molar-refractivity contribution in [3.63, 3.8) is 0 Å². The Morgan fingerprint density at radius 1 is 1.17 bits per heavy atom. The van der Waals surface area contributed by atoms with Crippen LogP contribution in [0.3, 0.4) is 0 Å². The zero-order valence-corrected chi connectivity index (χ0v) is 16.8. The highest BCUT2D eigenvalue weighted by atomic mass is 19.3. The lowest BCUT2D eigenvalue weighted by atomic mass is 9.96. The van der Waals surface area contributed by atoms with Gasteiger partial charge in [-0.05, 0) is 43.7 Å². The third-order valence-corrected chi connectivity index (χ3v) is 6.20. The maximum Gasteiger partial charge on any atom is 0.330 e. The van der Waals surface area contributed by atoms with Crippen LogP contribution in [-0.2, 0) is 13.6 Å². The van der Waals surface area contributed by atoms with Gasteiger partial charge in [-0.2, -0.15) is 0 Å². The average Bonchev–Trinajstić information content (AvgIpc) is 3.59. The van der Waals surface area contributed by atoms with E-state index in [-0.39, 0.29) is 17.3 Å². The van der Waals surface area contributed by atoms with Crippen LogP contribution in [0, 0.1) is 5.92 Å². The van der Waals surface area contributed by atoms with Crippen LogP contribution < -0.4 is 10.6 Å². The highest BCUT2D eigenvalue weighted by molar-refractivity contribution is 5.71. The summed E-state index contributed by atoms with van der Waals surface area (Å²) >= 11 is 0. The SMILES string of the molecule is Cn1c(=O)n(CC2CCN(c3cc(C(F)F)nc(C4CC4)n3)CC2)c2ncccc21. The third-order valence-electron chi connectivity index (χ3n) is 6.20. The monoisotopic (exact) mass is 414 g/mol. The number of aromatic nitrogens is 5. The quantitative estimate of drug-likeness (QED) is 0.641. The normalized spacial score (nSPS) is 17.9. The molecule has 158 valence electrons. The van der Waals surface area contributed by atoms with Gasteiger partial charge in [-0.1, -0.05) is 0 Å². The van der Waals surface area contributed by atoms with E-state index in [0.29, 0.717) is 29.8 Å². The molecule has 2 fully saturated rings. The van der Waals surface area contributed by atoms with Crippen molar-refractivity contribution in [1.29, 1.82) is 0 Å². The van der Waals surface area contributed by atoms with Crippen LogP contribution in [-0.4, -0.2) is 37.2 Å². The van der Waals surface area contributed by atoms with Gasteiger partial charge >= 0.3 is 5.69 Å². The largest absolute Gasteiger partial charge is 0.356 e. The first-order valence-electron chi connectivity index (χ1n) is 10.4. The Hall–Kier alpha value is -2.84. The number of fused-ring (bicyclic) bond motifs is 1. The number of hydrogen-bond donors (Lipinski definition) is 0. The van der Waals surface area contributed by atoms with E-state index >= 15 is 0 Å². The second-order valence-corrected chi connectivity index (χ2v) is 8.31. The standard InChI is InChI=1S/C21H24F2N6O/c1-27-16-3-2-8-24-20(16)29(21(27)30)12-13-6-9-28(10-7-13)17-11-15(18(22)23)25-19(26-17)14-4-5-14/h2-3,8,11,13-14,18H,4-7,9-10,12H2,1H3. The van der Waals surface area contributed by atoms with E-state index < -0.39 is 6.43 Å². The molecule has 9 heteroatoms. The minimum Gasteiger partial charge on any atom is -0.356 e. The molecule has 3 aromatic rings. The van der Waals surface area contributed by atoms with E-state index in [2.05, 4.69) is 19.9 Å². The number of rotatable bonds is 5. The lowest BCUT2D eigenvalue weighted by Crippen LogP contribution is -2.37. The second kappa shape index (κ2) is 7.45. The molecule has 5 rings (SSSR count). The Morgan fingerprint density at radius 2 is 1.93 bits per heavy atom. The molecule has 0 unspecified atom stereocenters. The van der Waals surface area contributed by atoms with E-state index in [9.17, 15) is 13.6 Å². The minimum atomic E-state index is -2.59. The van der Waals surface area contributed by atoms with Crippen molar-refractivity contribution in [2.75, 3.05) is 18.0 Å². The molecule has 0 amide bonds. The molecule has 7 nitrogen and oxygen atoms in total. The molecule has 0 N–H and O–H groups in total. The number of anilines is 1. The van der Waals surface area contributed by atoms with Gasteiger partial charge in [-0.3, -0.25) is 9.13 Å². The van der Waals surface area contributed by atoms with Crippen LogP contribution in [0.2, 0.25) is 0 Å². The lowest BCUT2D eigenvalue weighted by molar-refractivity contribution is 0.145. The topological polar surface area (TPSA) is 68.8 Å². The van der Waals surface area contributed by atoms with Crippen LogP contribution in [0.1, 0.15) is 49.5 Å². The van der Waals surface area contributed by atoms with Gasteiger partial charge in [0.05, 0.1) is 5.52 Å². The molecule has 1 saturated carbocycles. The zero-order valence-electron chi connectivity index (χ0n) is 16.8. The van der Waals surface area contributed by atoms with Crippen LogP contribution in [0.15, 0.2) is 29.2 Å². The molecule has 1 saturated heterocycles. The summed E-state index contributed by atoms with van der Waals surface area (Å²) in [6, 6.07) is 5.15. The summed E-state index contributed by atoms with van der Waals surface area (Å²) in [4.78, 5) is 27.8. The molecule has 0 spiro atoms. The summed E-state index contributed by atoms with van der Waals surface area (Å²) in [5, 5.41) is 0. The number of piperidine rings is 1. The summed E-state index contributed by atoms with van der Waals surface area (Å²) in [6.07, 6.45) is 2.79. The molecule has 4 heterocycles. The molecular formula is C21H24F2N6O. The van der Waals surface area contributed by atoms with Crippen LogP contribution >= 0.6 is 0 Å². The molecule has 0 bridgehead atoms. The maximum absolute atomic E-state index is 13.3. The molecule has 1 aliphatic heterocycles. The molecular weight excluding hydrogens is 390 g/mol. The zero-order chi connectivity index (χ0) is 20.8. The van der Waals surface area contributed by atoms with E-state index in [1.165, 1.54) is 6.07 Å². The summed E-state index contributed by atoms with van der Waals surface area (Å²) in [6.45, 7) is 2.06. The van der Waals surface area contributed by atoms with Gasteiger partial charge < -0.3 is 4.90 Å². The van der Waals surface area contributed by atoms with Crippen LogP contribution in [0.4, 0.5) is 14.6 Å². The first-order valence-corrected chi connectivity index (χ1v) is 10.4. The molecule has 0 aromatic carbocycles. The molecule has 30 heavy (non-hydrogen) atoms. The first-order chi connectivity index (χ1) is 14.5. The molecule has 1 aliphatic carbocycles. The van der Waals surface area contributed by atoms with Gasteiger partial charge in [-0.25, -0.2) is 28.5 Å². The molecule has 0 atom stereocenters. The van der Waals surface area contributed by atoms with Gasteiger partial charge in [0.25, 0.3) is 6.43 Å². The first kappa shape index (κ1) is 19.1. The van der Waals surface area contributed by atoms with E-state index in [1.807, 2.05) is 12.1 Å². The maximum atomic E-state index is 13.3. The third kappa shape index (κ3) is 3.46. The Bertz CT molecular complexity index is 1110. The van der Waals surface area contributed by atoms with Crippen molar-refractivity contribution in [1.82, 2.24) is 24.1 Å². The highest BCUT2D eigenvalue weighted by Gasteiger charge is 2.30. The Kier molecular flexibility index (Phi) is 4.75. The fraction of sp³-hybridized carbons (Fsp3) is 0.524. The Balaban J connectivity index is 1.32. The number of alkyl halides is 2. The molecule has 2 aliphatic rings. The van der Waals surface area contributed by atoms with Crippen molar-refractivity contribution in [2.45, 2.75) is 44.6 Å². The lowest BCUT2D eigenvalue weighted by Gasteiger charge is -2.33. The van der Waals surface area contributed by atoms with Crippen molar-refractivity contribution in [2.24, 2.45) is 13.0 Å². The Labute approximate surface area is 172 Å². The summed E-state index contributed by atoms with van der Waals surface area (Å²) in [5.41, 5.74) is 1.29. The van der Waals surface area contributed by atoms with E-state index in [4.69, 9.17) is 0 Å². The van der Waals surface area contributed by atoms with Crippen molar-refractivity contribution in [3.8, 4) is 0 Å². The van der Waals surface area contributed by atoms with Gasteiger partial charge in [-0.15, -0.1) is 0 Å². The van der Waals surface area contributed by atoms with Gasteiger partial charge in [0.15, 0.2) is 5.65 Å². The summed E-state index contributed by atoms with van der Waals surface area (Å²) in [5.74, 6) is 1.71. The number of aryl methyl sites for hydroxylation is 1. The minimum absolute atomic E-state index is 0.0578. The highest BCUT2D eigenvalue weighted by Crippen LogP contribution is 2.39. The van der Waals surface area contributed by atoms with E-state index in [1.54, 1.807) is 22.4 Å². The fourth-order valence-electron chi connectivity index (χ4n) is 4.27. The van der Waals surface area contributed by atoms with Gasteiger partial charge in [0.2, 0.25) is 0 Å². The van der Waals surface area contributed by atoms with E-state index in [0.717, 1.165) is 44.3 Å². The average molecular weight is 414 g/mol. The fourth-order valence-corrected chi connectivity index (χ4v) is 4.27. The molecule has 3 aromatic heterocycles. The number of nitrogens with zero attached hydrogens (tertiary/aromatic N) is 6. The van der Waals surface area contributed by atoms with Gasteiger partial charge in [0.1, 0.15) is 17.3 Å². The number of hydrogen-bond acceptors (Lipinski definition) is 5. The predicted molar refractivity (Wildman–Crippen MR) is 109 cm³/mol. The number of halogens is 2. The van der Waals surface area contributed by atoms with Gasteiger partial charge in [0, 0.05) is 44.9 Å². The van der Waals surface area contributed by atoms with Crippen molar-refractivity contribution >= 4 is 17.0 Å².